The van der Waals surface area contributed by atoms with Gasteiger partial charge in [0.25, 0.3) is 34.4 Å². The first-order valence-electron chi connectivity index (χ1n) is 29.8. The molecular weight excluding hydrogens is 1250 g/mol. The van der Waals surface area contributed by atoms with Gasteiger partial charge in [0.2, 0.25) is 0 Å². The van der Waals surface area contributed by atoms with Crippen molar-refractivity contribution in [1.29, 1.82) is 0 Å². The van der Waals surface area contributed by atoms with E-state index >= 15 is 0 Å². The van der Waals surface area contributed by atoms with E-state index in [9.17, 15) is 28.8 Å². The number of aromatic amines is 1. The summed E-state index contributed by atoms with van der Waals surface area (Å²) < 4.78 is 4.80. The zero-order chi connectivity index (χ0) is 65.6. The monoisotopic (exact) mass is 1300 g/mol. The Balaban J connectivity index is 0.000000136. The van der Waals surface area contributed by atoms with E-state index in [1.54, 1.807) is 56.3 Å². The number of carbonyl (C=O) groups excluding carboxylic acids is 3. The number of amides is 3. The lowest BCUT2D eigenvalue weighted by Gasteiger charge is -2.21. The van der Waals surface area contributed by atoms with E-state index in [-0.39, 0.29) is 34.4 Å². The van der Waals surface area contributed by atoms with E-state index in [4.69, 9.17) is 34.8 Å². The van der Waals surface area contributed by atoms with Crippen LogP contribution >= 0.6 is 34.8 Å². The number of fused-ring (bicyclic) bond motifs is 5. The third-order valence-corrected chi connectivity index (χ3v) is 16.9. The molecule has 0 aliphatic carbocycles. The molecule has 0 aliphatic heterocycles. The molecule has 3 amide bonds. The molecule has 0 fully saturated rings. The number of hydrogen-bond acceptors (Lipinski definition) is 10. The maximum Gasteiger partial charge on any atom is 0.269 e. The van der Waals surface area contributed by atoms with Gasteiger partial charge < -0.3 is 20.9 Å². The number of halogens is 3. The molecule has 14 rings (SSSR count). The molecule has 0 radical (unpaired) electrons. The summed E-state index contributed by atoms with van der Waals surface area (Å²) in [5, 5.41) is 23.2. The van der Waals surface area contributed by atoms with Crippen LogP contribution in [0.4, 0.5) is 0 Å². The Morgan fingerprint density at radius 2 is 0.809 bits per heavy atom. The van der Waals surface area contributed by atoms with Gasteiger partial charge in [-0.2, -0.15) is 10.2 Å². The molecule has 0 saturated carbocycles. The number of imidazole rings is 1. The molecule has 3 atom stereocenters. The van der Waals surface area contributed by atoms with Crippen molar-refractivity contribution >= 4 is 107 Å². The third kappa shape index (κ3) is 12.8. The summed E-state index contributed by atoms with van der Waals surface area (Å²) in [6.07, 6.45) is 5.97. The molecule has 6 heterocycles. The van der Waals surface area contributed by atoms with Gasteiger partial charge in [0.1, 0.15) is 5.69 Å². The molecule has 0 aliphatic rings. The van der Waals surface area contributed by atoms with Crippen molar-refractivity contribution in [2.75, 3.05) is 0 Å². The van der Waals surface area contributed by atoms with Crippen LogP contribution in [-0.4, -0.2) is 56.6 Å². The van der Waals surface area contributed by atoms with E-state index < -0.39 is 18.1 Å². The highest BCUT2D eigenvalue weighted by Gasteiger charge is 2.25. The number of nitrogens with zero attached hydrogens (tertiary/aromatic N) is 7. The molecule has 6 aromatic heterocycles. The molecule has 17 nitrogen and oxygen atoms in total. The number of pyridine rings is 4. The van der Waals surface area contributed by atoms with Crippen LogP contribution in [0.5, 0.6) is 0 Å². The summed E-state index contributed by atoms with van der Waals surface area (Å²) in [6.45, 7) is 5.55. The van der Waals surface area contributed by atoms with Gasteiger partial charge in [-0.1, -0.05) is 162 Å². The van der Waals surface area contributed by atoms with E-state index in [1.165, 1.54) is 18.7 Å². The molecule has 0 spiro atoms. The van der Waals surface area contributed by atoms with E-state index in [0.29, 0.717) is 98.5 Å². The van der Waals surface area contributed by atoms with Gasteiger partial charge in [0.15, 0.2) is 0 Å². The normalized spacial score (nSPS) is 12.1. The predicted molar refractivity (Wildman–Crippen MR) is 371 cm³/mol. The summed E-state index contributed by atoms with van der Waals surface area (Å²) in [4.78, 5) is 90.3. The van der Waals surface area contributed by atoms with Crippen molar-refractivity contribution in [3.8, 4) is 17.1 Å². The fraction of sp³-hybridized carbons (Fsp3) is 0.0811. The maximum absolute atomic E-state index is 13.6. The Hall–Kier alpha value is -11.4. The summed E-state index contributed by atoms with van der Waals surface area (Å²) >= 11 is 19.1. The van der Waals surface area contributed by atoms with E-state index in [1.807, 2.05) is 203 Å². The number of hydrogen-bond donors (Lipinski definition) is 4. The van der Waals surface area contributed by atoms with Gasteiger partial charge in [0.05, 0.1) is 90.2 Å². The van der Waals surface area contributed by atoms with Crippen molar-refractivity contribution in [3.63, 3.8) is 0 Å². The first-order chi connectivity index (χ1) is 45.6. The quantitative estimate of drug-likeness (QED) is 0.0906. The Kier molecular flexibility index (Phi) is 18.5. The maximum atomic E-state index is 13.6. The molecule has 0 bridgehead atoms. The number of benzene rings is 8. The van der Waals surface area contributed by atoms with Crippen LogP contribution in [0.2, 0.25) is 15.1 Å². The van der Waals surface area contributed by atoms with Crippen molar-refractivity contribution in [3.05, 3.63) is 323 Å². The lowest BCUT2D eigenvalue weighted by molar-refractivity contribution is 0.0927. The summed E-state index contributed by atoms with van der Waals surface area (Å²) in [5.41, 5.74) is 6.04. The Morgan fingerprint density at radius 1 is 0.426 bits per heavy atom. The molecule has 8 aromatic carbocycles. The fourth-order valence-electron chi connectivity index (χ4n) is 11.4. The number of carbonyl (C=O) groups is 3. The highest BCUT2D eigenvalue weighted by molar-refractivity contribution is 6.36. The minimum absolute atomic E-state index is 0.227. The second-order valence-electron chi connectivity index (χ2n) is 21.9. The summed E-state index contributed by atoms with van der Waals surface area (Å²) in [5.74, 6) is -0.838. The molecule has 464 valence electrons. The number of rotatable bonds is 12. The van der Waals surface area contributed by atoms with E-state index in [2.05, 4.69) is 41.1 Å². The van der Waals surface area contributed by atoms with Gasteiger partial charge in [-0.05, 0) is 128 Å². The summed E-state index contributed by atoms with van der Waals surface area (Å²) in [7, 11) is 0. The van der Waals surface area contributed by atoms with Crippen LogP contribution in [0.15, 0.2) is 258 Å². The lowest BCUT2D eigenvalue weighted by atomic mass is 10.1. The second-order valence-corrected chi connectivity index (χ2v) is 23.2. The predicted octanol–water partition coefficient (Wildman–Crippen LogP) is 14.6. The molecule has 14 aromatic rings. The Labute approximate surface area is 551 Å². The minimum Gasteiger partial charge on any atom is -0.344 e. The lowest BCUT2D eigenvalue weighted by Crippen LogP contribution is -2.32. The van der Waals surface area contributed by atoms with Crippen LogP contribution < -0.4 is 32.6 Å². The third-order valence-electron chi connectivity index (χ3n) is 15.9. The molecule has 4 N–H and O–H groups in total. The minimum atomic E-state index is -0.485. The highest BCUT2D eigenvalue weighted by Crippen LogP contribution is 2.30. The average Bonchev–Trinajstić information content (AvgIpc) is 0.785. The molecular formula is C74H56Cl3N11O6. The van der Waals surface area contributed by atoms with Crippen molar-refractivity contribution < 1.29 is 14.4 Å². The van der Waals surface area contributed by atoms with Crippen molar-refractivity contribution in [2.24, 2.45) is 0 Å². The number of H-pyrrole nitrogens is 1. The molecule has 20 heteroatoms. The van der Waals surface area contributed by atoms with Crippen LogP contribution in [0.1, 0.15) is 87.2 Å². The van der Waals surface area contributed by atoms with E-state index in [0.717, 1.165) is 21.7 Å². The number of para-hydroxylation sites is 4. The van der Waals surface area contributed by atoms with Crippen LogP contribution in [0.25, 0.3) is 71.2 Å². The zero-order valence-corrected chi connectivity index (χ0v) is 52.8. The number of nitrogens with one attached hydrogen (secondary N) is 4. The highest BCUT2D eigenvalue weighted by atomic mass is 35.5. The van der Waals surface area contributed by atoms with Gasteiger partial charge in [-0.3, -0.25) is 47.5 Å². The van der Waals surface area contributed by atoms with Crippen LogP contribution in [0, 0.1) is 0 Å². The smallest absolute Gasteiger partial charge is 0.269 e. The van der Waals surface area contributed by atoms with Crippen molar-refractivity contribution in [2.45, 2.75) is 38.9 Å². The second kappa shape index (κ2) is 27.6. The molecule has 94 heavy (non-hydrogen) atoms. The van der Waals surface area contributed by atoms with Gasteiger partial charge >= 0.3 is 0 Å². The topological polar surface area (TPSA) is 221 Å². The average molecular weight is 1300 g/mol. The Morgan fingerprint density at radius 3 is 1.23 bits per heavy atom. The Bertz CT molecular complexity index is 5130. The number of aromatic nitrogens is 8. The first kappa shape index (κ1) is 62.8. The fourth-order valence-corrected chi connectivity index (χ4v) is 12.2. The largest absolute Gasteiger partial charge is 0.344 e. The van der Waals surface area contributed by atoms with Gasteiger partial charge in [-0.25, -0.2) is 4.98 Å². The first-order valence-corrected chi connectivity index (χ1v) is 30.9. The molecule has 0 saturated heterocycles. The summed E-state index contributed by atoms with van der Waals surface area (Å²) in [6, 6.07) is 64.9. The van der Waals surface area contributed by atoms with Crippen LogP contribution in [-0.2, 0) is 0 Å². The standard InChI is InChI=1S/C27H20ClN3O2.C26H19ClN4O2.C21H17ClN4O2/c1-17(30-26(32)21-14-15-29-23-13-6-5-11-20(21)23)24-16-18-8-7-12-22(28)25(18)27(33)31(24)19-9-3-2-4-10-19;1-16(29-25(32)20-15-28-30-22-13-6-5-11-19(20)22)23-14-17-8-7-12-21(27)24(17)26(33)31(23)18-9-3-2-4-10-18;1-13(25-20(27)17-11-23-12-24-17)18-10-14-6-5-9-16(22)19(14)21(28)26(18)15-7-3-2-4-8-15/h2-17H,1H3,(H,30,32);2-16H,1H3,(H,29,32);2-13H,1H3,(H,23,24)(H,25,27)/t17-;16-;13-/m000/s1. The zero-order valence-electron chi connectivity index (χ0n) is 50.5. The van der Waals surface area contributed by atoms with Gasteiger partial charge in [-0.15, -0.1) is 0 Å². The molecule has 0 unspecified atom stereocenters. The van der Waals surface area contributed by atoms with Gasteiger partial charge in [0, 0.05) is 51.1 Å². The van der Waals surface area contributed by atoms with Crippen LogP contribution in [0.3, 0.4) is 0 Å². The SMILES string of the molecule is C[C@H](NC(=O)c1ccnc2ccccc12)c1cc2cccc(Cl)c2c(=O)n1-c1ccccc1.C[C@H](NC(=O)c1cnc[nH]1)c1cc2cccc(Cl)c2c(=O)n1-c1ccccc1.C[C@H](NC(=O)c1cnnc2ccccc12)c1cc2cccc(Cl)c2c(=O)n1-c1ccccc1. The van der Waals surface area contributed by atoms with Crippen molar-refractivity contribution in [1.82, 2.24) is 54.8 Å².